The third kappa shape index (κ3) is 2.91. The van der Waals surface area contributed by atoms with Gasteiger partial charge in [-0.25, -0.2) is 0 Å². The van der Waals surface area contributed by atoms with Crippen LogP contribution in [0.15, 0.2) is 34.9 Å². The van der Waals surface area contributed by atoms with Crippen LogP contribution < -0.4 is 0 Å². The van der Waals surface area contributed by atoms with E-state index in [1.807, 2.05) is 45.0 Å². The second-order valence-corrected chi connectivity index (χ2v) is 7.10. The molecule has 1 aliphatic heterocycles. The van der Waals surface area contributed by atoms with E-state index < -0.39 is 11.9 Å². The van der Waals surface area contributed by atoms with Gasteiger partial charge < -0.3 is 14.5 Å². The van der Waals surface area contributed by atoms with Gasteiger partial charge in [-0.2, -0.15) is 0 Å². The molecular weight excluding hydrogens is 308 g/mol. The van der Waals surface area contributed by atoms with Crippen LogP contribution in [-0.2, 0) is 16.8 Å². The molecule has 1 aliphatic rings. The highest BCUT2D eigenvalue weighted by atomic mass is 16.5. The smallest absolute Gasteiger partial charge is 0.312 e. The van der Waals surface area contributed by atoms with Crippen LogP contribution in [0.1, 0.15) is 54.1 Å². The van der Waals surface area contributed by atoms with Crippen molar-refractivity contribution in [1.29, 1.82) is 0 Å². The van der Waals surface area contributed by atoms with Gasteiger partial charge in [0, 0.05) is 24.6 Å². The van der Waals surface area contributed by atoms with Crippen LogP contribution >= 0.6 is 0 Å². The molecule has 1 aromatic heterocycles. The molecule has 0 bridgehead atoms. The van der Waals surface area contributed by atoms with E-state index in [0.29, 0.717) is 12.3 Å². The molecule has 0 saturated heterocycles. The Kier molecular flexibility index (Phi) is 3.91. The highest BCUT2D eigenvalue weighted by Gasteiger charge is 2.34. The Bertz CT molecular complexity index is 788. The van der Waals surface area contributed by atoms with Crippen molar-refractivity contribution < 1.29 is 19.2 Å². The number of carbonyl (C=O) groups excluding carboxylic acids is 1. The van der Waals surface area contributed by atoms with Crippen molar-refractivity contribution in [3.63, 3.8) is 0 Å². The van der Waals surface area contributed by atoms with Crippen molar-refractivity contribution in [1.82, 2.24) is 10.1 Å². The lowest BCUT2D eigenvalue weighted by Crippen LogP contribution is -2.40. The van der Waals surface area contributed by atoms with Gasteiger partial charge >= 0.3 is 5.97 Å². The highest BCUT2D eigenvalue weighted by Crippen LogP contribution is 2.30. The van der Waals surface area contributed by atoms with Gasteiger partial charge in [0.05, 0.1) is 5.92 Å². The summed E-state index contributed by atoms with van der Waals surface area (Å²) in [5.41, 5.74) is 1.58. The van der Waals surface area contributed by atoms with E-state index in [-0.39, 0.29) is 23.6 Å². The van der Waals surface area contributed by atoms with Crippen molar-refractivity contribution in [2.75, 3.05) is 6.54 Å². The Labute approximate surface area is 140 Å². The number of nitrogens with zero attached hydrogens (tertiary/aromatic N) is 2. The Morgan fingerprint density at radius 1 is 1.29 bits per heavy atom. The molecule has 0 spiro atoms. The fourth-order valence-corrected chi connectivity index (χ4v) is 2.86. The summed E-state index contributed by atoms with van der Waals surface area (Å²) in [4.78, 5) is 25.8. The number of rotatable bonds is 2. The SMILES string of the molecule is CC(C)(C)c1cc(C(=O)N2Cc3ccccc3C(C(=O)O)C2)no1. The Morgan fingerprint density at radius 2 is 2.00 bits per heavy atom. The number of fused-ring (bicyclic) bond motifs is 1. The number of aromatic nitrogens is 1. The van der Waals surface area contributed by atoms with E-state index in [4.69, 9.17) is 4.52 Å². The third-order valence-corrected chi connectivity index (χ3v) is 4.25. The molecule has 6 nitrogen and oxygen atoms in total. The van der Waals surface area contributed by atoms with Crippen LogP contribution in [0.2, 0.25) is 0 Å². The first-order valence-electron chi connectivity index (χ1n) is 7.84. The van der Waals surface area contributed by atoms with Gasteiger partial charge in [0.1, 0.15) is 5.76 Å². The summed E-state index contributed by atoms with van der Waals surface area (Å²) in [5.74, 6) is -1.35. The lowest BCUT2D eigenvalue weighted by Gasteiger charge is -2.32. The van der Waals surface area contributed by atoms with Crippen LogP contribution in [-0.4, -0.2) is 33.6 Å². The molecule has 24 heavy (non-hydrogen) atoms. The second kappa shape index (κ2) is 5.78. The van der Waals surface area contributed by atoms with Crippen molar-refractivity contribution in [3.8, 4) is 0 Å². The van der Waals surface area contributed by atoms with Gasteiger partial charge in [-0.05, 0) is 11.1 Å². The summed E-state index contributed by atoms with van der Waals surface area (Å²) in [7, 11) is 0. The predicted octanol–water partition coefficient (Wildman–Crippen LogP) is 2.80. The maximum absolute atomic E-state index is 12.7. The first-order valence-corrected chi connectivity index (χ1v) is 7.84. The Hall–Kier alpha value is -2.63. The average Bonchev–Trinajstić information content (AvgIpc) is 3.03. The summed E-state index contributed by atoms with van der Waals surface area (Å²) in [5, 5.41) is 13.4. The Morgan fingerprint density at radius 3 is 2.62 bits per heavy atom. The molecule has 126 valence electrons. The summed E-state index contributed by atoms with van der Waals surface area (Å²) in [6.07, 6.45) is 0. The maximum Gasteiger partial charge on any atom is 0.312 e. The maximum atomic E-state index is 12.7. The summed E-state index contributed by atoms with van der Waals surface area (Å²) in [6.45, 7) is 6.41. The minimum atomic E-state index is -0.935. The number of aliphatic carboxylic acids is 1. The van der Waals surface area contributed by atoms with E-state index in [9.17, 15) is 14.7 Å². The van der Waals surface area contributed by atoms with E-state index in [1.165, 1.54) is 4.90 Å². The van der Waals surface area contributed by atoms with Gasteiger partial charge in [0.25, 0.3) is 5.91 Å². The van der Waals surface area contributed by atoms with E-state index in [1.54, 1.807) is 6.07 Å². The van der Waals surface area contributed by atoms with Gasteiger partial charge in [0.2, 0.25) is 0 Å². The first kappa shape index (κ1) is 16.2. The zero-order valence-corrected chi connectivity index (χ0v) is 13.9. The number of carbonyl (C=O) groups is 2. The third-order valence-electron chi connectivity index (χ3n) is 4.25. The number of hydrogen-bond donors (Lipinski definition) is 1. The molecule has 6 heteroatoms. The summed E-state index contributed by atoms with van der Waals surface area (Å²) < 4.78 is 5.27. The molecule has 2 aromatic rings. The predicted molar refractivity (Wildman–Crippen MR) is 86.8 cm³/mol. The molecule has 0 radical (unpaired) electrons. The molecular formula is C18H20N2O4. The normalized spacial score (nSPS) is 17.5. The molecule has 1 unspecified atom stereocenters. The van der Waals surface area contributed by atoms with Crippen LogP contribution in [0.3, 0.4) is 0 Å². The molecule has 1 aromatic carbocycles. The number of hydrogen-bond acceptors (Lipinski definition) is 4. The van der Waals surface area contributed by atoms with E-state index >= 15 is 0 Å². The zero-order chi connectivity index (χ0) is 17.5. The number of amides is 1. The van der Waals surface area contributed by atoms with Crippen LogP contribution in [0.25, 0.3) is 0 Å². The minimum absolute atomic E-state index is 0.128. The Balaban J connectivity index is 1.89. The van der Waals surface area contributed by atoms with Crippen LogP contribution in [0.5, 0.6) is 0 Å². The van der Waals surface area contributed by atoms with Crippen molar-refractivity contribution in [2.45, 2.75) is 38.6 Å². The second-order valence-electron chi connectivity index (χ2n) is 7.10. The highest BCUT2D eigenvalue weighted by molar-refractivity contribution is 5.93. The van der Waals surface area contributed by atoms with Gasteiger partial charge in [0.15, 0.2) is 5.69 Å². The number of benzene rings is 1. The van der Waals surface area contributed by atoms with Gasteiger partial charge in [-0.1, -0.05) is 50.2 Å². The van der Waals surface area contributed by atoms with Gasteiger partial charge in [-0.15, -0.1) is 0 Å². The number of carboxylic acid groups (broad SMARTS) is 1. The lowest BCUT2D eigenvalue weighted by molar-refractivity contribution is -0.139. The molecule has 1 N–H and O–H groups in total. The fourth-order valence-electron chi connectivity index (χ4n) is 2.86. The summed E-state index contributed by atoms with van der Waals surface area (Å²) in [6, 6.07) is 8.97. The average molecular weight is 328 g/mol. The quantitative estimate of drug-likeness (QED) is 0.916. The van der Waals surface area contributed by atoms with Crippen molar-refractivity contribution in [2.24, 2.45) is 0 Å². The van der Waals surface area contributed by atoms with E-state index in [0.717, 1.165) is 11.1 Å². The van der Waals surface area contributed by atoms with E-state index in [2.05, 4.69) is 5.16 Å². The molecule has 2 heterocycles. The molecule has 0 saturated carbocycles. The van der Waals surface area contributed by atoms with Crippen molar-refractivity contribution in [3.05, 3.63) is 52.9 Å². The zero-order valence-electron chi connectivity index (χ0n) is 13.9. The monoisotopic (exact) mass is 328 g/mol. The minimum Gasteiger partial charge on any atom is -0.481 e. The van der Waals surface area contributed by atoms with Gasteiger partial charge in [-0.3, -0.25) is 9.59 Å². The lowest BCUT2D eigenvalue weighted by atomic mass is 9.89. The van der Waals surface area contributed by atoms with Crippen LogP contribution in [0.4, 0.5) is 0 Å². The summed E-state index contributed by atoms with van der Waals surface area (Å²) >= 11 is 0. The van der Waals surface area contributed by atoms with Crippen molar-refractivity contribution >= 4 is 11.9 Å². The fraction of sp³-hybridized carbons (Fsp3) is 0.389. The molecule has 3 rings (SSSR count). The number of carboxylic acids is 1. The molecule has 0 fully saturated rings. The topological polar surface area (TPSA) is 83.6 Å². The largest absolute Gasteiger partial charge is 0.481 e. The first-order chi connectivity index (χ1) is 11.3. The van der Waals surface area contributed by atoms with Crippen LogP contribution in [0, 0.1) is 0 Å². The molecule has 0 aliphatic carbocycles. The molecule has 1 atom stereocenters. The molecule has 1 amide bonds. The standard InChI is InChI=1S/C18H20N2O4/c1-18(2,3)15-8-14(19-24-15)16(21)20-9-11-6-4-5-7-12(11)13(10-20)17(22)23/h4-8,13H,9-10H2,1-3H3,(H,22,23).